The number of amides is 1. The van der Waals surface area contributed by atoms with Crippen molar-refractivity contribution in [3.63, 3.8) is 0 Å². The zero-order valence-electron chi connectivity index (χ0n) is 10.2. The third-order valence-corrected chi connectivity index (χ3v) is 3.82. The van der Waals surface area contributed by atoms with Crippen LogP contribution in [0.15, 0.2) is 36.7 Å². The zero-order chi connectivity index (χ0) is 13.9. The molecule has 0 unspecified atom stereocenters. The Hall–Kier alpha value is -2.05. The third-order valence-electron chi connectivity index (χ3n) is 2.59. The molecular weight excluding hydrogens is 296 g/mol. The Kier molecular flexibility index (Phi) is 3.58. The van der Waals surface area contributed by atoms with Crippen molar-refractivity contribution < 1.29 is 4.79 Å². The van der Waals surface area contributed by atoms with Gasteiger partial charge in [0.15, 0.2) is 0 Å². The van der Waals surface area contributed by atoms with Gasteiger partial charge in [-0.25, -0.2) is 15.0 Å². The minimum atomic E-state index is -0.298. The van der Waals surface area contributed by atoms with E-state index in [1.807, 2.05) is 24.3 Å². The molecule has 0 aliphatic heterocycles. The monoisotopic (exact) mass is 304 g/mol. The van der Waals surface area contributed by atoms with E-state index in [2.05, 4.69) is 20.3 Å². The SMILES string of the molecule is O=C(NCc1nc2ccccc2s1)c1cnc(Cl)cn1. The zero-order valence-corrected chi connectivity index (χ0v) is 11.8. The van der Waals surface area contributed by atoms with Crippen LogP contribution in [0.5, 0.6) is 0 Å². The molecule has 0 bridgehead atoms. The highest BCUT2D eigenvalue weighted by Gasteiger charge is 2.09. The van der Waals surface area contributed by atoms with Crippen molar-refractivity contribution >= 4 is 39.1 Å². The van der Waals surface area contributed by atoms with E-state index in [9.17, 15) is 4.79 Å². The van der Waals surface area contributed by atoms with E-state index in [1.54, 1.807) is 11.3 Å². The quantitative estimate of drug-likeness (QED) is 0.808. The maximum atomic E-state index is 11.9. The maximum Gasteiger partial charge on any atom is 0.271 e. The summed E-state index contributed by atoms with van der Waals surface area (Å²) in [5, 5.41) is 3.86. The molecule has 0 atom stereocenters. The first-order chi connectivity index (χ1) is 9.72. The number of hydrogen-bond donors (Lipinski definition) is 1. The number of para-hydroxylation sites is 1. The number of fused-ring (bicyclic) bond motifs is 1. The molecule has 7 heteroatoms. The second kappa shape index (κ2) is 5.52. The fourth-order valence-electron chi connectivity index (χ4n) is 1.67. The Balaban J connectivity index is 1.69. The summed E-state index contributed by atoms with van der Waals surface area (Å²) in [7, 11) is 0. The molecule has 0 fully saturated rings. The first-order valence-corrected chi connectivity index (χ1v) is 7.02. The van der Waals surface area contributed by atoms with Gasteiger partial charge in [-0.15, -0.1) is 11.3 Å². The number of nitrogens with zero attached hydrogens (tertiary/aromatic N) is 3. The van der Waals surface area contributed by atoms with Crippen LogP contribution in [0, 0.1) is 0 Å². The molecule has 0 radical (unpaired) electrons. The van der Waals surface area contributed by atoms with Crippen LogP contribution in [0.2, 0.25) is 5.15 Å². The number of nitrogens with one attached hydrogen (secondary N) is 1. The Morgan fingerprint density at radius 3 is 2.85 bits per heavy atom. The topological polar surface area (TPSA) is 67.8 Å². The van der Waals surface area contributed by atoms with Gasteiger partial charge in [-0.05, 0) is 12.1 Å². The number of carbonyl (C=O) groups excluding carboxylic acids is 1. The Labute approximate surface area is 123 Å². The highest BCUT2D eigenvalue weighted by Crippen LogP contribution is 2.21. The van der Waals surface area contributed by atoms with Crippen molar-refractivity contribution in [3.05, 3.63) is 52.5 Å². The summed E-state index contributed by atoms with van der Waals surface area (Å²) in [5.74, 6) is -0.298. The van der Waals surface area contributed by atoms with Gasteiger partial charge >= 0.3 is 0 Å². The first-order valence-electron chi connectivity index (χ1n) is 5.82. The predicted octanol–water partition coefficient (Wildman–Crippen LogP) is 2.67. The molecule has 2 heterocycles. The van der Waals surface area contributed by atoms with Crippen LogP contribution in [-0.4, -0.2) is 20.9 Å². The van der Waals surface area contributed by atoms with E-state index in [-0.39, 0.29) is 16.8 Å². The van der Waals surface area contributed by atoms with Gasteiger partial charge < -0.3 is 5.32 Å². The number of halogens is 1. The number of rotatable bonds is 3. The van der Waals surface area contributed by atoms with Crippen molar-refractivity contribution in [2.75, 3.05) is 0 Å². The van der Waals surface area contributed by atoms with Crippen LogP contribution in [-0.2, 0) is 6.54 Å². The van der Waals surface area contributed by atoms with Crippen LogP contribution in [0.25, 0.3) is 10.2 Å². The van der Waals surface area contributed by atoms with Gasteiger partial charge in [0.05, 0.1) is 29.2 Å². The summed E-state index contributed by atoms with van der Waals surface area (Å²) in [6.07, 6.45) is 2.68. The molecule has 1 aromatic carbocycles. The second-order valence-corrected chi connectivity index (χ2v) is 5.48. The number of carbonyl (C=O) groups is 1. The molecule has 100 valence electrons. The smallest absolute Gasteiger partial charge is 0.271 e. The summed E-state index contributed by atoms with van der Waals surface area (Å²) < 4.78 is 1.10. The van der Waals surface area contributed by atoms with E-state index >= 15 is 0 Å². The van der Waals surface area contributed by atoms with E-state index in [4.69, 9.17) is 11.6 Å². The maximum absolute atomic E-state index is 11.9. The minimum Gasteiger partial charge on any atom is -0.344 e. The number of aromatic nitrogens is 3. The summed E-state index contributed by atoms with van der Waals surface area (Å²) in [6, 6.07) is 7.85. The summed E-state index contributed by atoms with van der Waals surface area (Å²) in [4.78, 5) is 24.0. The molecule has 2 aromatic heterocycles. The highest BCUT2D eigenvalue weighted by molar-refractivity contribution is 7.18. The molecule has 0 saturated heterocycles. The van der Waals surface area contributed by atoms with Gasteiger partial charge in [-0.3, -0.25) is 4.79 Å². The van der Waals surface area contributed by atoms with Crippen molar-refractivity contribution in [1.82, 2.24) is 20.3 Å². The average molecular weight is 305 g/mol. The summed E-state index contributed by atoms with van der Waals surface area (Å²) in [5.41, 5.74) is 1.17. The van der Waals surface area contributed by atoms with Crippen LogP contribution in [0.1, 0.15) is 15.5 Å². The lowest BCUT2D eigenvalue weighted by atomic mass is 10.3. The normalized spacial score (nSPS) is 10.7. The molecule has 3 rings (SSSR count). The fraction of sp³-hybridized carbons (Fsp3) is 0.0769. The molecular formula is C13H9ClN4OS. The molecule has 5 nitrogen and oxygen atoms in total. The Bertz CT molecular complexity index is 723. The van der Waals surface area contributed by atoms with Gasteiger partial charge in [-0.2, -0.15) is 0 Å². The van der Waals surface area contributed by atoms with E-state index in [0.29, 0.717) is 6.54 Å². The minimum absolute atomic E-state index is 0.232. The molecule has 1 N–H and O–H groups in total. The van der Waals surface area contributed by atoms with Gasteiger partial charge in [-0.1, -0.05) is 23.7 Å². The van der Waals surface area contributed by atoms with Crippen LogP contribution in [0.3, 0.4) is 0 Å². The summed E-state index contributed by atoms with van der Waals surface area (Å²) >= 11 is 7.17. The standard InChI is InChI=1S/C13H9ClN4OS/c14-11-6-15-9(5-16-11)13(19)17-7-12-18-8-3-1-2-4-10(8)20-12/h1-6H,7H2,(H,17,19). The Morgan fingerprint density at radius 1 is 1.25 bits per heavy atom. The van der Waals surface area contributed by atoms with E-state index in [1.165, 1.54) is 12.4 Å². The highest BCUT2D eigenvalue weighted by atomic mass is 35.5. The van der Waals surface area contributed by atoms with Crippen LogP contribution >= 0.6 is 22.9 Å². The molecule has 0 aliphatic rings. The number of benzene rings is 1. The second-order valence-electron chi connectivity index (χ2n) is 3.98. The lowest BCUT2D eigenvalue weighted by Crippen LogP contribution is -2.23. The van der Waals surface area contributed by atoms with Crippen LogP contribution < -0.4 is 5.32 Å². The van der Waals surface area contributed by atoms with Crippen molar-refractivity contribution in [1.29, 1.82) is 0 Å². The van der Waals surface area contributed by atoms with Gasteiger partial charge in [0.2, 0.25) is 0 Å². The third kappa shape index (κ3) is 2.76. The lowest BCUT2D eigenvalue weighted by Gasteiger charge is -2.01. The molecule has 0 aliphatic carbocycles. The van der Waals surface area contributed by atoms with Crippen molar-refractivity contribution in [3.8, 4) is 0 Å². The lowest BCUT2D eigenvalue weighted by molar-refractivity contribution is 0.0945. The molecule has 0 spiro atoms. The summed E-state index contributed by atoms with van der Waals surface area (Å²) in [6.45, 7) is 0.364. The van der Waals surface area contributed by atoms with E-state index < -0.39 is 0 Å². The number of thiazole rings is 1. The molecule has 3 aromatic rings. The molecule has 1 amide bonds. The van der Waals surface area contributed by atoms with Crippen LogP contribution in [0.4, 0.5) is 0 Å². The van der Waals surface area contributed by atoms with Crippen molar-refractivity contribution in [2.24, 2.45) is 0 Å². The predicted molar refractivity (Wildman–Crippen MR) is 77.8 cm³/mol. The Morgan fingerprint density at radius 2 is 2.10 bits per heavy atom. The van der Waals surface area contributed by atoms with Gasteiger partial charge in [0.1, 0.15) is 15.9 Å². The number of hydrogen-bond acceptors (Lipinski definition) is 5. The average Bonchev–Trinajstić information content (AvgIpc) is 2.88. The van der Waals surface area contributed by atoms with E-state index in [0.717, 1.165) is 15.2 Å². The van der Waals surface area contributed by atoms with Gasteiger partial charge in [0, 0.05) is 0 Å². The molecule has 0 saturated carbocycles. The van der Waals surface area contributed by atoms with Gasteiger partial charge in [0.25, 0.3) is 5.91 Å². The van der Waals surface area contributed by atoms with Crippen molar-refractivity contribution in [2.45, 2.75) is 6.54 Å². The first kappa shape index (κ1) is 13.0. The largest absolute Gasteiger partial charge is 0.344 e. The molecule has 20 heavy (non-hydrogen) atoms. The fourth-order valence-corrected chi connectivity index (χ4v) is 2.68.